The summed E-state index contributed by atoms with van der Waals surface area (Å²) in [5, 5.41) is 25.9. The van der Waals surface area contributed by atoms with Crippen molar-refractivity contribution >= 4 is 55.7 Å². The second-order valence-electron chi connectivity index (χ2n) is 6.92. The average molecular weight is 473 g/mol. The summed E-state index contributed by atoms with van der Waals surface area (Å²) < 4.78 is 0.928. The molecule has 1 N–H and O–H groups in total. The number of fused-ring (bicyclic) bond motifs is 1. The Bertz CT molecular complexity index is 1130. The van der Waals surface area contributed by atoms with Crippen molar-refractivity contribution in [1.82, 2.24) is 9.97 Å². The van der Waals surface area contributed by atoms with E-state index in [1.807, 2.05) is 24.3 Å². The smallest absolute Gasteiger partial charge is 0.348 e. The summed E-state index contributed by atoms with van der Waals surface area (Å²) in [5.74, 6) is 1.03. The second-order valence-corrected chi connectivity index (χ2v) is 7.83. The summed E-state index contributed by atoms with van der Waals surface area (Å²) in [6, 6.07) is 9.73. The van der Waals surface area contributed by atoms with Crippen LogP contribution in [0.5, 0.6) is 0 Å². The van der Waals surface area contributed by atoms with Gasteiger partial charge in [0.15, 0.2) is 11.6 Å². The predicted octanol–water partition coefficient (Wildman–Crippen LogP) is 4.94. The lowest BCUT2D eigenvalue weighted by Gasteiger charge is -2.29. The maximum atomic E-state index is 11.3. The highest BCUT2D eigenvalue weighted by atomic mass is 79.9. The van der Waals surface area contributed by atoms with Gasteiger partial charge in [0.05, 0.1) is 33.0 Å². The third kappa shape index (κ3) is 4.01. The minimum absolute atomic E-state index is 0.215. The number of hydrogen-bond acceptors (Lipinski definition) is 8. The fourth-order valence-electron chi connectivity index (χ4n) is 3.44. The number of halogens is 1. The molecule has 0 bridgehead atoms. The van der Waals surface area contributed by atoms with Crippen LogP contribution < -0.4 is 10.2 Å². The molecule has 10 nitrogen and oxygen atoms in total. The summed E-state index contributed by atoms with van der Waals surface area (Å²) in [6.07, 6.45) is 3.15. The van der Waals surface area contributed by atoms with Crippen LogP contribution in [0, 0.1) is 20.2 Å². The number of nitrogens with one attached hydrogen (secondary N) is 1. The van der Waals surface area contributed by atoms with Gasteiger partial charge < -0.3 is 10.2 Å². The van der Waals surface area contributed by atoms with E-state index in [0.717, 1.165) is 54.6 Å². The Labute approximate surface area is 179 Å². The van der Waals surface area contributed by atoms with Crippen LogP contribution in [-0.4, -0.2) is 32.9 Å². The Balaban J connectivity index is 1.87. The van der Waals surface area contributed by atoms with Crippen molar-refractivity contribution in [1.29, 1.82) is 0 Å². The van der Waals surface area contributed by atoms with Gasteiger partial charge in [-0.15, -0.1) is 0 Å². The van der Waals surface area contributed by atoms with E-state index in [1.165, 1.54) is 0 Å². The molecule has 2 heterocycles. The molecule has 1 saturated heterocycles. The van der Waals surface area contributed by atoms with Crippen LogP contribution in [0.3, 0.4) is 0 Å². The van der Waals surface area contributed by atoms with Crippen LogP contribution in [0.4, 0.5) is 28.7 Å². The lowest BCUT2D eigenvalue weighted by Crippen LogP contribution is -2.31. The lowest BCUT2D eigenvalue weighted by atomic mass is 10.1. The first kappa shape index (κ1) is 20.0. The Hall–Kier alpha value is -3.34. The molecular weight excluding hydrogens is 456 g/mol. The Morgan fingerprint density at radius 3 is 2.03 bits per heavy atom. The number of nitro groups is 2. The summed E-state index contributed by atoms with van der Waals surface area (Å²) in [6.45, 7) is 1.59. The summed E-state index contributed by atoms with van der Waals surface area (Å²) in [5.41, 5.74) is 0.0329. The van der Waals surface area contributed by atoms with E-state index >= 15 is 0 Å². The molecule has 11 heteroatoms. The minimum atomic E-state index is -0.778. The van der Waals surface area contributed by atoms with Gasteiger partial charge in [-0.2, -0.15) is 0 Å². The number of nitro benzene ring substituents is 2. The van der Waals surface area contributed by atoms with E-state index in [2.05, 4.69) is 36.1 Å². The number of rotatable bonds is 5. The SMILES string of the molecule is O=[N+]([O-])c1cc2nc(Nc3ccc(Br)cc3)c(N3CCCCC3)nc2cc1[N+](=O)[O-]. The van der Waals surface area contributed by atoms with Gasteiger partial charge in [0.2, 0.25) is 0 Å². The van der Waals surface area contributed by atoms with Crippen molar-refractivity contribution in [2.24, 2.45) is 0 Å². The fourth-order valence-corrected chi connectivity index (χ4v) is 3.71. The maximum absolute atomic E-state index is 11.3. The predicted molar refractivity (Wildman–Crippen MR) is 116 cm³/mol. The topological polar surface area (TPSA) is 127 Å². The molecule has 1 fully saturated rings. The molecule has 2 aromatic carbocycles. The van der Waals surface area contributed by atoms with Crippen LogP contribution in [0.2, 0.25) is 0 Å². The molecule has 0 atom stereocenters. The van der Waals surface area contributed by atoms with Crippen molar-refractivity contribution < 1.29 is 9.85 Å². The standard InChI is InChI=1S/C19H17BrN6O4/c20-12-4-6-13(7-5-12)21-18-19(24-8-2-1-3-9-24)23-15-11-17(26(29)30)16(25(27)28)10-14(15)22-18/h4-7,10-11H,1-3,8-9H2,(H,21,22). The maximum Gasteiger partial charge on any atom is 0.348 e. The van der Waals surface area contributed by atoms with Gasteiger partial charge in [0, 0.05) is 23.2 Å². The zero-order chi connectivity index (χ0) is 21.3. The Morgan fingerprint density at radius 1 is 0.900 bits per heavy atom. The van der Waals surface area contributed by atoms with Crippen molar-refractivity contribution in [3.8, 4) is 0 Å². The summed E-state index contributed by atoms with van der Waals surface area (Å²) >= 11 is 3.40. The highest BCUT2D eigenvalue weighted by Gasteiger charge is 2.27. The normalized spacial score (nSPS) is 14.0. The number of piperidine rings is 1. The monoisotopic (exact) mass is 472 g/mol. The number of anilines is 3. The molecule has 4 rings (SSSR count). The van der Waals surface area contributed by atoms with Crippen LogP contribution in [0.15, 0.2) is 40.9 Å². The molecule has 30 heavy (non-hydrogen) atoms. The number of nitrogens with zero attached hydrogens (tertiary/aromatic N) is 5. The van der Waals surface area contributed by atoms with Crippen LogP contribution in [-0.2, 0) is 0 Å². The van der Waals surface area contributed by atoms with Gasteiger partial charge >= 0.3 is 11.4 Å². The largest absolute Gasteiger partial charge is 0.354 e. The first-order valence-electron chi connectivity index (χ1n) is 9.34. The third-order valence-corrected chi connectivity index (χ3v) is 5.43. The van der Waals surface area contributed by atoms with E-state index < -0.39 is 21.2 Å². The molecule has 1 aliphatic heterocycles. The zero-order valence-corrected chi connectivity index (χ0v) is 17.3. The van der Waals surface area contributed by atoms with Gasteiger partial charge in [-0.3, -0.25) is 20.2 Å². The Morgan fingerprint density at radius 2 is 1.47 bits per heavy atom. The first-order valence-corrected chi connectivity index (χ1v) is 10.1. The van der Waals surface area contributed by atoms with E-state index in [-0.39, 0.29) is 11.0 Å². The van der Waals surface area contributed by atoms with Crippen molar-refractivity contribution in [2.45, 2.75) is 19.3 Å². The van der Waals surface area contributed by atoms with Crippen LogP contribution in [0.1, 0.15) is 19.3 Å². The highest BCUT2D eigenvalue weighted by molar-refractivity contribution is 9.10. The molecule has 0 aliphatic carbocycles. The molecule has 0 unspecified atom stereocenters. The molecule has 1 aromatic heterocycles. The molecule has 1 aliphatic rings. The molecule has 0 spiro atoms. The van der Waals surface area contributed by atoms with E-state index in [4.69, 9.17) is 0 Å². The minimum Gasteiger partial charge on any atom is -0.354 e. The van der Waals surface area contributed by atoms with E-state index in [9.17, 15) is 20.2 Å². The quantitative estimate of drug-likeness (QED) is 0.408. The molecule has 154 valence electrons. The molecular formula is C19H17BrN6O4. The van der Waals surface area contributed by atoms with Gasteiger partial charge in [0.1, 0.15) is 0 Å². The van der Waals surface area contributed by atoms with Crippen LogP contribution in [0.25, 0.3) is 11.0 Å². The first-order chi connectivity index (χ1) is 14.4. The van der Waals surface area contributed by atoms with E-state index in [0.29, 0.717) is 11.6 Å². The third-order valence-electron chi connectivity index (χ3n) is 4.90. The van der Waals surface area contributed by atoms with Crippen molar-refractivity contribution in [3.05, 3.63) is 61.1 Å². The highest BCUT2D eigenvalue weighted by Crippen LogP contribution is 2.35. The van der Waals surface area contributed by atoms with Crippen molar-refractivity contribution in [2.75, 3.05) is 23.3 Å². The summed E-state index contributed by atoms with van der Waals surface area (Å²) in [7, 11) is 0. The average Bonchev–Trinajstić information content (AvgIpc) is 2.74. The number of benzene rings is 2. The molecule has 0 saturated carbocycles. The van der Waals surface area contributed by atoms with Crippen molar-refractivity contribution in [3.63, 3.8) is 0 Å². The second kappa shape index (κ2) is 8.19. The van der Waals surface area contributed by atoms with Crippen LogP contribution >= 0.6 is 15.9 Å². The molecule has 0 amide bonds. The van der Waals surface area contributed by atoms with Gasteiger partial charge in [-0.05, 0) is 43.5 Å². The number of aromatic nitrogens is 2. The fraction of sp³-hybridized carbons (Fsp3) is 0.263. The number of hydrogen-bond donors (Lipinski definition) is 1. The lowest BCUT2D eigenvalue weighted by molar-refractivity contribution is -0.422. The molecule has 0 radical (unpaired) electrons. The van der Waals surface area contributed by atoms with Gasteiger partial charge in [-0.1, -0.05) is 15.9 Å². The van der Waals surface area contributed by atoms with Gasteiger partial charge in [-0.25, -0.2) is 9.97 Å². The molecule has 3 aromatic rings. The zero-order valence-electron chi connectivity index (χ0n) is 15.7. The Kier molecular flexibility index (Phi) is 5.44. The van der Waals surface area contributed by atoms with E-state index in [1.54, 1.807) is 0 Å². The summed E-state index contributed by atoms with van der Waals surface area (Å²) in [4.78, 5) is 32.4. The van der Waals surface area contributed by atoms with Gasteiger partial charge in [0.25, 0.3) is 0 Å².